The molecule has 19 heavy (non-hydrogen) atoms. The highest BCUT2D eigenvalue weighted by Crippen LogP contribution is 2.28. The van der Waals surface area contributed by atoms with Gasteiger partial charge in [-0.3, -0.25) is 0 Å². The van der Waals surface area contributed by atoms with E-state index in [0.29, 0.717) is 13.0 Å². The van der Waals surface area contributed by atoms with E-state index in [4.69, 9.17) is 5.73 Å². The van der Waals surface area contributed by atoms with Gasteiger partial charge in [-0.05, 0) is 41.4 Å². The molecule has 0 amide bonds. The summed E-state index contributed by atoms with van der Waals surface area (Å²) in [6, 6.07) is 9.86. The van der Waals surface area contributed by atoms with Crippen LogP contribution in [0.2, 0.25) is 0 Å². The number of alkyl halides is 3. The largest absolute Gasteiger partial charge is 0.573 e. The molecule has 0 radical (unpaired) electrons. The van der Waals surface area contributed by atoms with Gasteiger partial charge in [0.05, 0.1) is 0 Å². The molecule has 2 aromatic rings. The minimum absolute atomic E-state index is 0. The first-order valence-electron chi connectivity index (χ1n) is 5.47. The molecule has 0 aromatic heterocycles. The van der Waals surface area contributed by atoms with E-state index < -0.39 is 6.36 Å². The van der Waals surface area contributed by atoms with E-state index >= 15 is 0 Å². The van der Waals surface area contributed by atoms with Crippen molar-refractivity contribution in [2.75, 3.05) is 6.54 Å². The fourth-order valence-electron chi connectivity index (χ4n) is 1.89. The Balaban J connectivity index is 0.00000180. The average molecular weight is 292 g/mol. The maximum atomic E-state index is 12.1. The number of benzene rings is 2. The fraction of sp³-hybridized carbons (Fsp3) is 0.231. The summed E-state index contributed by atoms with van der Waals surface area (Å²) < 4.78 is 40.4. The maximum absolute atomic E-state index is 12.1. The van der Waals surface area contributed by atoms with E-state index in [-0.39, 0.29) is 18.2 Å². The highest BCUT2D eigenvalue weighted by atomic mass is 35.5. The van der Waals surface area contributed by atoms with Crippen molar-refractivity contribution in [2.45, 2.75) is 12.8 Å². The van der Waals surface area contributed by atoms with Gasteiger partial charge >= 0.3 is 6.36 Å². The molecule has 6 heteroatoms. The topological polar surface area (TPSA) is 35.2 Å². The molecule has 0 aliphatic heterocycles. The van der Waals surface area contributed by atoms with Crippen LogP contribution in [0.1, 0.15) is 5.56 Å². The van der Waals surface area contributed by atoms with Crippen LogP contribution in [0.25, 0.3) is 10.8 Å². The Morgan fingerprint density at radius 2 is 1.84 bits per heavy atom. The molecule has 0 fully saturated rings. The number of fused-ring (bicyclic) bond motifs is 1. The van der Waals surface area contributed by atoms with Crippen LogP contribution < -0.4 is 10.5 Å². The van der Waals surface area contributed by atoms with E-state index in [2.05, 4.69) is 4.74 Å². The van der Waals surface area contributed by atoms with Gasteiger partial charge < -0.3 is 10.5 Å². The zero-order chi connectivity index (χ0) is 13.2. The van der Waals surface area contributed by atoms with Crippen LogP contribution in [0.5, 0.6) is 5.75 Å². The van der Waals surface area contributed by atoms with Gasteiger partial charge in [-0.2, -0.15) is 0 Å². The summed E-state index contributed by atoms with van der Waals surface area (Å²) in [5.41, 5.74) is 6.40. The van der Waals surface area contributed by atoms with Gasteiger partial charge in [0, 0.05) is 0 Å². The summed E-state index contributed by atoms with van der Waals surface area (Å²) >= 11 is 0. The lowest BCUT2D eigenvalue weighted by Crippen LogP contribution is -2.17. The van der Waals surface area contributed by atoms with Crippen molar-refractivity contribution < 1.29 is 17.9 Å². The highest BCUT2D eigenvalue weighted by molar-refractivity contribution is 5.87. The van der Waals surface area contributed by atoms with Crippen LogP contribution in [0, 0.1) is 0 Å². The number of halogens is 4. The van der Waals surface area contributed by atoms with Crippen molar-refractivity contribution in [1.82, 2.24) is 0 Å². The van der Waals surface area contributed by atoms with Crippen molar-refractivity contribution in [3.63, 3.8) is 0 Å². The maximum Gasteiger partial charge on any atom is 0.573 e. The minimum atomic E-state index is -4.67. The quantitative estimate of drug-likeness (QED) is 0.936. The van der Waals surface area contributed by atoms with E-state index in [1.54, 1.807) is 6.07 Å². The lowest BCUT2D eigenvalue weighted by Gasteiger charge is -2.11. The monoisotopic (exact) mass is 291 g/mol. The van der Waals surface area contributed by atoms with Gasteiger partial charge in [-0.1, -0.05) is 24.3 Å². The second kappa shape index (κ2) is 6.12. The fourth-order valence-corrected chi connectivity index (χ4v) is 1.89. The molecule has 0 aliphatic rings. The second-order valence-electron chi connectivity index (χ2n) is 3.89. The molecule has 0 aliphatic carbocycles. The first kappa shape index (κ1) is 15.6. The lowest BCUT2D eigenvalue weighted by molar-refractivity contribution is -0.274. The normalized spacial score (nSPS) is 11.2. The second-order valence-corrected chi connectivity index (χ2v) is 3.89. The zero-order valence-corrected chi connectivity index (χ0v) is 10.7. The van der Waals surface area contributed by atoms with Gasteiger partial charge in [0.25, 0.3) is 0 Å². The van der Waals surface area contributed by atoms with E-state index in [1.165, 1.54) is 12.1 Å². The van der Waals surface area contributed by atoms with Crippen molar-refractivity contribution in [3.8, 4) is 5.75 Å². The molecule has 2 nitrogen and oxygen atoms in total. The summed E-state index contributed by atoms with van der Waals surface area (Å²) in [4.78, 5) is 0. The standard InChI is InChI=1S/C13H12F3NO.ClH/c14-13(15,16)18-11-5-4-9-2-1-3-10(6-7-17)12(9)8-11;/h1-5,8H,6-7,17H2;1H. The van der Waals surface area contributed by atoms with Crippen molar-refractivity contribution >= 4 is 23.2 Å². The van der Waals surface area contributed by atoms with Crippen LogP contribution in [0.15, 0.2) is 36.4 Å². The van der Waals surface area contributed by atoms with Gasteiger partial charge in [0.1, 0.15) is 5.75 Å². The van der Waals surface area contributed by atoms with Gasteiger partial charge in [0.2, 0.25) is 0 Å². The Morgan fingerprint density at radius 3 is 2.47 bits per heavy atom. The Morgan fingerprint density at radius 1 is 1.11 bits per heavy atom. The molecule has 2 aromatic carbocycles. The number of nitrogens with two attached hydrogens (primary N) is 1. The van der Waals surface area contributed by atoms with Crippen LogP contribution >= 0.6 is 12.4 Å². The average Bonchev–Trinajstić information content (AvgIpc) is 2.28. The molecule has 0 spiro atoms. The third-order valence-corrected chi connectivity index (χ3v) is 2.59. The number of ether oxygens (including phenoxy) is 1. The molecule has 0 heterocycles. The third kappa shape index (κ3) is 4.01. The van der Waals surface area contributed by atoms with Crippen molar-refractivity contribution in [1.29, 1.82) is 0 Å². The molecular formula is C13H13ClF3NO. The molecular weight excluding hydrogens is 279 g/mol. The van der Waals surface area contributed by atoms with Crippen LogP contribution in [-0.4, -0.2) is 12.9 Å². The SMILES string of the molecule is Cl.NCCc1cccc2ccc(OC(F)(F)F)cc12. The predicted molar refractivity (Wildman–Crippen MR) is 70.6 cm³/mol. The van der Waals surface area contributed by atoms with Gasteiger partial charge in [0.15, 0.2) is 0 Å². The Hall–Kier alpha value is -1.46. The Bertz CT molecular complexity index is 557. The summed E-state index contributed by atoms with van der Waals surface area (Å²) in [5, 5.41) is 1.61. The summed E-state index contributed by atoms with van der Waals surface area (Å²) in [6.07, 6.45) is -4.05. The van der Waals surface area contributed by atoms with Crippen molar-refractivity contribution in [2.24, 2.45) is 5.73 Å². The summed E-state index contributed by atoms with van der Waals surface area (Å²) in [6.45, 7) is 0.448. The van der Waals surface area contributed by atoms with E-state index in [1.807, 2.05) is 18.2 Å². The smallest absolute Gasteiger partial charge is 0.406 e. The van der Waals surface area contributed by atoms with Crippen LogP contribution in [0.3, 0.4) is 0 Å². The van der Waals surface area contributed by atoms with Gasteiger partial charge in [-0.15, -0.1) is 25.6 Å². The summed E-state index contributed by atoms with van der Waals surface area (Å²) in [5.74, 6) is -0.209. The predicted octanol–water partition coefficient (Wildman–Crippen LogP) is 3.66. The van der Waals surface area contributed by atoms with E-state index in [0.717, 1.165) is 16.3 Å². The molecule has 0 bridgehead atoms. The zero-order valence-electron chi connectivity index (χ0n) is 9.91. The van der Waals surface area contributed by atoms with Gasteiger partial charge in [-0.25, -0.2) is 0 Å². The molecule has 0 saturated carbocycles. The molecule has 0 unspecified atom stereocenters. The Labute approximate surface area is 114 Å². The lowest BCUT2D eigenvalue weighted by atomic mass is 10.0. The van der Waals surface area contributed by atoms with E-state index in [9.17, 15) is 13.2 Å². The van der Waals surface area contributed by atoms with Crippen molar-refractivity contribution in [3.05, 3.63) is 42.0 Å². The summed E-state index contributed by atoms with van der Waals surface area (Å²) in [7, 11) is 0. The minimum Gasteiger partial charge on any atom is -0.406 e. The van der Waals surface area contributed by atoms with Crippen LogP contribution in [0.4, 0.5) is 13.2 Å². The third-order valence-electron chi connectivity index (χ3n) is 2.59. The number of hydrogen-bond acceptors (Lipinski definition) is 2. The Kier molecular flexibility index (Phi) is 5.03. The molecule has 0 saturated heterocycles. The van der Waals surface area contributed by atoms with Crippen LogP contribution in [-0.2, 0) is 6.42 Å². The first-order valence-corrected chi connectivity index (χ1v) is 5.47. The molecule has 2 rings (SSSR count). The first-order chi connectivity index (χ1) is 8.49. The highest BCUT2D eigenvalue weighted by Gasteiger charge is 2.31. The molecule has 104 valence electrons. The number of rotatable bonds is 3. The number of hydrogen-bond donors (Lipinski definition) is 1. The molecule has 0 atom stereocenters. The molecule has 2 N–H and O–H groups in total.